The molecule has 10 heteroatoms. The molecule has 0 aliphatic heterocycles. The van der Waals surface area contributed by atoms with Crippen LogP contribution in [-0.4, -0.2) is 27.6 Å². The summed E-state index contributed by atoms with van der Waals surface area (Å²) in [5.74, 6) is -1.24. The Kier molecular flexibility index (Phi) is 4.43. The Morgan fingerprint density at radius 3 is 2.65 bits per heavy atom. The van der Waals surface area contributed by atoms with Crippen LogP contribution in [0.3, 0.4) is 0 Å². The van der Waals surface area contributed by atoms with Crippen LogP contribution >= 0.6 is 15.9 Å². The van der Waals surface area contributed by atoms with Crippen LogP contribution in [0.5, 0.6) is 0 Å². The first-order valence-corrected chi connectivity index (χ1v) is 7.97. The molecular formula is C16H11BrN4O5. The predicted octanol–water partition coefficient (Wildman–Crippen LogP) is 2.43. The van der Waals surface area contributed by atoms with Crippen LogP contribution < -0.4 is 11.3 Å². The number of methoxy groups -OCH3 is 1. The smallest absolute Gasteiger partial charge is 0.363 e. The third-order valence-electron chi connectivity index (χ3n) is 3.74. The number of aromatic nitrogens is 2. The van der Waals surface area contributed by atoms with Crippen molar-refractivity contribution in [2.75, 3.05) is 12.8 Å². The Bertz CT molecular complexity index is 1110. The molecule has 1 aromatic carbocycles. The number of carbonyl (C=O) groups is 1. The van der Waals surface area contributed by atoms with E-state index in [-0.39, 0.29) is 22.8 Å². The molecule has 0 atom stereocenters. The highest BCUT2D eigenvalue weighted by molar-refractivity contribution is 9.10. The largest absolute Gasteiger partial charge is 0.465 e. The van der Waals surface area contributed by atoms with Crippen LogP contribution in [0, 0.1) is 10.1 Å². The highest BCUT2D eigenvalue weighted by Crippen LogP contribution is 2.28. The first-order valence-electron chi connectivity index (χ1n) is 7.18. The number of benzene rings is 1. The normalized spacial score (nSPS) is 10.7. The van der Waals surface area contributed by atoms with Gasteiger partial charge in [0.2, 0.25) is 0 Å². The fourth-order valence-electron chi connectivity index (χ4n) is 2.56. The molecule has 0 aliphatic carbocycles. The summed E-state index contributed by atoms with van der Waals surface area (Å²) >= 11 is 3.33. The zero-order valence-electron chi connectivity index (χ0n) is 13.3. The first kappa shape index (κ1) is 17.5. The van der Waals surface area contributed by atoms with Crippen LogP contribution in [0.2, 0.25) is 0 Å². The van der Waals surface area contributed by atoms with Crippen molar-refractivity contribution in [3.8, 4) is 5.69 Å². The van der Waals surface area contributed by atoms with Crippen molar-refractivity contribution in [2.24, 2.45) is 0 Å². The van der Waals surface area contributed by atoms with E-state index in [0.29, 0.717) is 15.4 Å². The summed E-state index contributed by atoms with van der Waals surface area (Å²) in [7, 11) is 1.14. The summed E-state index contributed by atoms with van der Waals surface area (Å²) < 4.78 is 6.55. The van der Waals surface area contributed by atoms with Crippen molar-refractivity contribution in [1.82, 2.24) is 9.55 Å². The van der Waals surface area contributed by atoms with E-state index in [1.54, 1.807) is 18.2 Å². The van der Waals surface area contributed by atoms with Gasteiger partial charge in [-0.15, -0.1) is 0 Å². The number of esters is 1. The van der Waals surface area contributed by atoms with Gasteiger partial charge in [0.05, 0.1) is 24.0 Å². The molecule has 0 saturated heterocycles. The van der Waals surface area contributed by atoms with E-state index < -0.39 is 16.5 Å². The lowest BCUT2D eigenvalue weighted by atomic mass is 10.1. The number of rotatable bonds is 3. The molecule has 132 valence electrons. The van der Waals surface area contributed by atoms with Gasteiger partial charge in [0.25, 0.3) is 5.56 Å². The molecule has 0 saturated carbocycles. The highest BCUT2D eigenvalue weighted by atomic mass is 79.9. The molecule has 0 radical (unpaired) electrons. The predicted molar refractivity (Wildman–Crippen MR) is 97.4 cm³/mol. The van der Waals surface area contributed by atoms with Gasteiger partial charge in [-0.1, -0.05) is 15.9 Å². The van der Waals surface area contributed by atoms with E-state index in [4.69, 9.17) is 5.73 Å². The van der Waals surface area contributed by atoms with Gasteiger partial charge in [-0.3, -0.25) is 9.36 Å². The van der Waals surface area contributed by atoms with E-state index in [1.165, 1.54) is 22.9 Å². The van der Waals surface area contributed by atoms with E-state index >= 15 is 0 Å². The average Bonchev–Trinajstić information content (AvgIpc) is 2.61. The van der Waals surface area contributed by atoms with Crippen LogP contribution in [0.25, 0.3) is 16.6 Å². The fraction of sp³-hybridized carbons (Fsp3) is 0.0625. The Morgan fingerprint density at radius 1 is 1.35 bits per heavy atom. The van der Waals surface area contributed by atoms with E-state index in [1.807, 2.05) is 0 Å². The number of pyridine rings is 2. The van der Waals surface area contributed by atoms with Gasteiger partial charge >= 0.3 is 11.8 Å². The average molecular weight is 419 g/mol. The molecule has 0 fully saturated rings. The summed E-state index contributed by atoms with van der Waals surface area (Å²) in [6.07, 6.45) is 1.18. The number of nitrogens with zero attached hydrogens (tertiary/aromatic N) is 3. The summed E-state index contributed by atoms with van der Waals surface area (Å²) in [6, 6.07) is 7.54. The van der Waals surface area contributed by atoms with Crippen LogP contribution in [0.15, 0.2) is 45.8 Å². The molecule has 3 rings (SSSR count). The quantitative estimate of drug-likeness (QED) is 0.392. The number of ether oxygens (including phenoxy) is 1. The molecule has 0 bridgehead atoms. The lowest BCUT2D eigenvalue weighted by Gasteiger charge is -2.14. The molecule has 9 nitrogen and oxygen atoms in total. The second kappa shape index (κ2) is 6.56. The summed E-state index contributed by atoms with van der Waals surface area (Å²) in [5, 5.41) is 11.2. The third kappa shape index (κ3) is 2.80. The maximum absolute atomic E-state index is 12.9. The summed E-state index contributed by atoms with van der Waals surface area (Å²) in [5.41, 5.74) is 5.64. The second-order valence-electron chi connectivity index (χ2n) is 5.21. The molecule has 2 N–H and O–H groups in total. The van der Waals surface area contributed by atoms with Gasteiger partial charge in [-0.2, -0.15) is 0 Å². The minimum atomic E-state index is -0.874. The van der Waals surface area contributed by atoms with Crippen molar-refractivity contribution in [1.29, 1.82) is 0 Å². The van der Waals surface area contributed by atoms with E-state index in [0.717, 1.165) is 7.11 Å². The van der Waals surface area contributed by atoms with Crippen molar-refractivity contribution < 1.29 is 14.5 Å². The van der Waals surface area contributed by atoms with E-state index in [2.05, 4.69) is 25.7 Å². The SMILES string of the molecule is COC(=O)c1c(N)c2ccc(Br)cc2n(-c2ccc([N+](=O)[O-])nc2)c1=O. The lowest BCUT2D eigenvalue weighted by molar-refractivity contribution is -0.389. The Hall–Kier alpha value is -3.27. The minimum Gasteiger partial charge on any atom is -0.465 e. The Morgan fingerprint density at radius 2 is 2.08 bits per heavy atom. The molecule has 2 aromatic heterocycles. The van der Waals surface area contributed by atoms with Gasteiger partial charge in [-0.25, -0.2) is 4.79 Å². The number of nitro groups is 1. The minimum absolute atomic E-state index is 0.00419. The summed E-state index contributed by atoms with van der Waals surface area (Å²) in [4.78, 5) is 38.9. The zero-order chi connectivity index (χ0) is 19.0. The van der Waals surface area contributed by atoms with Gasteiger partial charge in [0, 0.05) is 15.9 Å². The van der Waals surface area contributed by atoms with Gasteiger partial charge in [-0.05, 0) is 34.2 Å². The van der Waals surface area contributed by atoms with Crippen molar-refractivity contribution in [2.45, 2.75) is 0 Å². The topological polar surface area (TPSA) is 130 Å². The van der Waals surface area contributed by atoms with Crippen LogP contribution in [-0.2, 0) is 4.74 Å². The highest BCUT2D eigenvalue weighted by Gasteiger charge is 2.23. The standard InChI is InChI=1S/C16H11BrN4O5/c1-26-16(23)13-14(18)10-4-2-8(17)6-11(10)20(15(13)22)9-3-5-12(19-7-9)21(24)25/h2-7H,18H2,1H3. The van der Waals surface area contributed by atoms with Gasteiger partial charge in [0.15, 0.2) is 6.20 Å². The number of hydrogen-bond acceptors (Lipinski definition) is 7. The van der Waals surface area contributed by atoms with Crippen molar-refractivity contribution in [3.05, 3.63) is 67.0 Å². The Labute approximate surface area is 154 Å². The summed E-state index contributed by atoms with van der Waals surface area (Å²) in [6.45, 7) is 0. The van der Waals surface area contributed by atoms with Crippen molar-refractivity contribution >= 4 is 44.3 Å². The third-order valence-corrected chi connectivity index (χ3v) is 4.24. The monoisotopic (exact) mass is 418 g/mol. The maximum atomic E-state index is 12.9. The number of fused-ring (bicyclic) bond motifs is 1. The van der Waals surface area contributed by atoms with Crippen LogP contribution in [0.1, 0.15) is 10.4 Å². The molecule has 0 amide bonds. The molecule has 2 heterocycles. The number of anilines is 1. The number of nitrogens with two attached hydrogens (primary N) is 1. The number of carbonyl (C=O) groups excluding carboxylic acids is 1. The lowest BCUT2D eigenvalue weighted by Crippen LogP contribution is -2.28. The molecule has 0 unspecified atom stereocenters. The Balaban J connectivity index is 2.42. The van der Waals surface area contributed by atoms with Crippen LogP contribution in [0.4, 0.5) is 11.5 Å². The number of nitrogen functional groups attached to an aromatic ring is 1. The van der Waals surface area contributed by atoms with Crippen molar-refractivity contribution in [3.63, 3.8) is 0 Å². The number of halogens is 1. The zero-order valence-corrected chi connectivity index (χ0v) is 14.9. The first-order chi connectivity index (χ1) is 12.3. The maximum Gasteiger partial charge on any atom is 0.363 e. The molecule has 0 aliphatic rings. The molecule has 0 spiro atoms. The molecule has 3 aromatic rings. The van der Waals surface area contributed by atoms with Gasteiger partial charge in [0.1, 0.15) is 5.56 Å². The van der Waals surface area contributed by atoms with Gasteiger partial charge < -0.3 is 20.6 Å². The number of hydrogen-bond donors (Lipinski definition) is 1. The fourth-order valence-corrected chi connectivity index (χ4v) is 2.91. The molecule has 26 heavy (non-hydrogen) atoms. The van der Waals surface area contributed by atoms with E-state index in [9.17, 15) is 19.7 Å². The molecular weight excluding hydrogens is 408 g/mol. The second-order valence-corrected chi connectivity index (χ2v) is 6.13.